The molecule has 2 aromatic heterocycles. The first kappa shape index (κ1) is 33.9. The van der Waals surface area contributed by atoms with Crippen molar-refractivity contribution in [3.05, 3.63) is 144 Å². The van der Waals surface area contributed by atoms with Crippen LogP contribution in [-0.2, 0) is 10.8 Å². The van der Waals surface area contributed by atoms with E-state index in [0.29, 0.717) is 0 Å². The van der Waals surface area contributed by atoms with Crippen LogP contribution in [0.1, 0.15) is 95.9 Å². The summed E-state index contributed by atoms with van der Waals surface area (Å²) in [5, 5.41) is 7.14. The van der Waals surface area contributed by atoms with E-state index in [1.54, 1.807) is 0 Å². The van der Waals surface area contributed by atoms with Gasteiger partial charge in [-0.25, -0.2) is 4.98 Å². The van der Waals surface area contributed by atoms with E-state index in [2.05, 4.69) is 181 Å². The molecule has 0 amide bonds. The molecule has 1 aliphatic carbocycles. The first-order valence-corrected chi connectivity index (χ1v) is 20.0. The molecule has 55 heavy (non-hydrogen) atoms. The van der Waals surface area contributed by atoms with Gasteiger partial charge in [0, 0.05) is 10.8 Å². The van der Waals surface area contributed by atoms with Crippen LogP contribution in [0, 0.1) is 0 Å². The molecular formula is C52H48N2O. The Labute approximate surface area is 323 Å². The summed E-state index contributed by atoms with van der Waals surface area (Å²) in [6.45, 7) is 19.0. The van der Waals surface area contributed by atoms with Crippen molar-refractivity contribution in [1.82, 2.24) is 9.55 Å². The number of rotatable bonds is 5. The summed E-state index contributed by atoms with van der Waals surface area (Å²) in [5.74, 6) is 1.47. The van der Waals surface area contributed by atoms with E-state index in [-0.39, 0.29) is 22.7 Å². The summed E-state index contributed by atoms with van der Waals surface area (Å²) < 4.78 is 9.59. The molecule has 1 aliphatic rings. The Morgan fingerprint density at radius 3 is 2.04 bits per heavy atom. The van der Waals surface area contributed by atoms with Crippen LogP contribution >= 0.6 is 0 Å². The average Bonchev–Trinajstić information content (AvgIpc) is 3.79. The monoisotopic (exact) mass is 716 g/mol. The molecule has 7 aromatic carbocycles. The number of hydrogen-bond donors (Lipinski definition) is 0. The summed E-state index contributed by atoms with van der Waals surface area (Å²) in [6.07, 6.45) is 1.08. The first-order valence-electron chi connectivity index (χ1n) is 20.0. The van der Waals surface area contributed by atoms with E-state index in [1.807, 2.05) is 0 Å². The largest absolute Gasteiger partial charge is 0.455 e. The van der Waals surface area contributed by atoms with Crippen LogP contribution in [0.25, 0.3) is 82.7 Å². The Bertz CT molecular complexity index is 2980. The second-order valence-electron chi connectivity index (χ2n) is 17.9. The number of benzene rings is 7. The van der Waals surface area contributed by atoms with E-state index < -0.39 is 0 Å². The van der Waals surface area contributed by atoms with Crippen LogP contribution in [0.3, 0.4) is 0 Å². The molecule has 272 valence electrons. The second-order valence-corrected chi connectivity index (χ2v) is 17.9. The number of fused-ring (bicyclic) bond motifs is 9. The first-order chi connectivity index (χ1) is 26.4. The minimum absolute atomic E-state index is 0.0401. The average molecular weight is 717 g/mol. The molecule has 0 saturated carbocycles. The lowest BCUT2D eigenvalue weighted by Gasteiger charge is -2.27. The molecule has 2 heterocycles. The van der Waals surface area contributed by atoms with Crippen molar-refractivity contribution in [2.24, 2.45) is 0 Å². The number of imidazole rings is 1. The van der Waals surface area contributed by atoms with Gasteiger partial charge in [0.25, 0.3) is 0 Å². The molecule has 0 saturated heterocycles. The fraction of sp³-hybridized carbons (Fsp3) is 0.250. The fourth-order valence-electron chi connectivity index (χ4n) is 10.2. The van der Waals surface area contributed by atoms with Crippen LogP contribution in [0.15, 0.2) is 126 Å². The fourth-order valence-corrected chi connectivity index (χ4v) is 10.2. The van der Waals surface area contributed by atoms with E-state index >= 15 is 0 Å². The third kappa shape index (κ3) is 5.05. The SMILES string of the molecule is CC(C)c1cc(-c2ccccc2)cc(C(C)C)c1-n1c(-c2cccc3c2oc2cc4c(ccc5ccccc54)cc23)nc2ccc3c(c21)C(C)(C)CC3(C)C. The van der Waals surface area contributed by atoms with Crippen LogP contribution in [0.4, 0.5) is 0 Å². The normalized spacial score (nSPS) is 15.1. The third-order valence-electron chi connectivity index (χ3n) is 12.5. The number of hydrogen-bond acceptors (Lipinski definition) is 2. The van der Waals surface area contributed by atoms with Crippen molar-refractivity contribution >= 4 is 54.5 Å². The highest BCUT2D eigenvalue weighted by molar-refractivity contribution is 6.17. The van der Waals surface area contributed by atoms with Crippen molar-refractivity contribution in [3.8, 4) is 28.2 Å². The third-order valence-corrected chi connectivity index (χ3v) is 12.5. The van der Waals surface area contributed by atoms with Gasteiger partial charge >= 0.3 is 0 Å². The van der Waals surface area contributed by atoms with Crippen molar-refractivity contribution in [1.29, 1.82) is 0 Å². The zero-order chi connectivity index (χ0) is 38.0. The maximum atomic E-state index is 7.03. The maximum Gasteiger partial charge on any atom is 0.149 e. The highest BCUT2D eigenvalue weighted by Crippen LogP contribution is 2.53. The van der Waals surface area contributed by atoms with Crippen molar-refractivity contribution < 1.29 is 4.42 Å². The summed E-state index contributed by atoms with van der Waals surface area (Å²) in [4.78, 5) is 5.65. The topological polar surface area (TPSA) is 31.0 Å². The highest BCUT2D eigenvalue weighted by atomic mass is 16.3. The molecule has 0 atom stereocenters. The standard InChI is InChI=1S/C52H48N2O/c1-30(2)39-26-35(32-15-10-9-11-16-32)27-40(31(3)4)47(39)54-48-44(24-23-43-46(48)52(7,8)29-51(43,5)6)53-50(54)38-20-14-19-37-42-25-34-22-21-33-17-12-13-18-36(33)41(34)28-45(42)55-49(37)38/h9-28,30-31H,29H2,1-8H3. The van der Waals surface area contributed by atoms with Crippen LogP contribution in [0.5, 0.6) is 0 Å². The van der Waals surface area contributed by atoms with Gasteiger partial charge in [0.2, 0.25) is 0 Å². The van der Waals surface area contributed by atoms with E-state index in [1.165, 1.54) is 66.1 Å². The van der Waals surface area contributed by atoms with Crippen molar-refractivity contribution in [3.63, 3.8) is 0 Å². The van der Waals surface area contributed by atoms with Gasteiger partial charge in [-0.2, -0.15) is 0 Å². The highest BCUT2D eigenvalue weighted by Gasteiger charge is 2.44. The van der Waals surface area contributed by atoms with Crippen molar-refractivity contribution in [2.75, 3.05) is 0 Å². The summed E-state index contributed by atoms with van der Waals surface area (Å²) in [6, 6.07) is 44.6. The molecular weight excluding hydrogens is 669 g/mol. The quantitative estimate of drug-likeness (QED) is 0.166. The minimum Gasteiger partial charge on any atom is -0.455 e. The number of para-hydroxylation sites is 1. The minimum atomic E-state index is -0.0401. The number of nitrogens with zero attached hydrogens (tertiary/aromatic N) is 2. The summed E-state index contributed by atoms with van der Waals surface area (Å²) in [7, 11) is 0. The Morgan fingerprint density at radius 1 is 0.600 bits per heavy atom. The second kappa shape index (κ2) is 11.9. The predicted octanol–water partition coefficient (Wildman–Crippen LogP) is 14.8. The molecule has 0 radical (unpaired) electrons. The Kier molecular flexibility index (Phi) is 7.34. The summed E-state index contributed by atoms with van der Waals surface area (Å²) in [5.41, 5.74) is 14.3. The van der Waals surface area contributed by atoms with Gasteiger partial charge in [-0.15, -0.1) is 0 Å². The lowest BCUT2D eigenvalue weighted by atomic mass is 9.81. The summed E-state index contributed by atoms with van der Waals surface area (Å²) >= 11 is 0. The maximum absolute atomic E-state index is 7.03. The zero-order valence-electron chi connectivity index (χ0n) is 33.2. The predicted molar refractivity (Wildman–Crippen MR) is 233 cm³/mol. The van der Waals surface area contributed by atoms with Gasteiger partial charge in [-0.05, 0) is 120 Å². The Balaban J connectivity index is 1.34. The van der Waals surface area contributed by atoms with Gasteiger partial charge in [-0.1, -0.05) is 140 Å². The molecule has 0 N–H and O–H groups in total. The smallest absolute Gasteiger partial charge is 0.149 e. The Hall–Kier alpha value is -5.67. The van der Waals surface area contributed by atoms with Gasteiger partial charge in [0.15, 0.2) is 0 Å². The van der Waals surface area contributed by atoms with Gasteiger partial charge in [-0.3, -0.25) is 4.57 Å². The molecule has 0 unspecified atom stereocenters. The molecule has 0 aliphatic heterocycles. The molecule has 3 heteroatoms. The van der Waals surface area contributed by atoms with Crippen LogP contribution in [-0.4, -0.2) is 9.55 Å². The zero-order valence-corrected chi connectivity index (χ0v) is 33.2. The molecule has 0 bridgehead atoms. The molecule has 0 fully saturated rings. The molecule has 9 aromatic rings. The molecule has 0 spiro atoms. The van der Waals surface area contributed by atoms with Gasteiger partial charge in [0.1, 0.15) is 17.0 Å². The van der Waals surface area contributed by atoms with Crippen molar-refractivity contribution in [2.45, 2.75) is 84.5 Å². The van der Waals surface area contributed by atoms with E-state index in [4.69, 9.17) is 9.40 Å². The van der Waals surface area contributed by atoms with Gasteiger partial charge < -0.3 is 4.42 Å². The van der Waals surface area contributed by atoms with E-state index in [9.17, 15) is 0 Å². The van der Waals surface area contributed by atoms with Crippen LogP contribution in [0.2, 0.25) is 0 Å². The number of furan rings is 1. The molecule has 3 nitrogen and oxygen atoms in total. The number of aromatic nitrogens is 2. The van der Waals surface area contributed by atoms with Gasteiger partial charge in [0.05, 0.1) is 22.3 Å². The lowest BCUT2D eigenvalue weighted by molar-refractivity contribution is 0.404. The lowest BCUT2D eigenvalue weighted by Crippen LogP contribution is -2.18. The Morgan fingerprint density at radius 2 is 1.29 bits per heavy atom. The van der Waals surface area contributed by atoms with Crippen LogP contribution < -0.4 is 0 Å². The molecule has 10 rings (SSSR count). The van der Waals surface area contributed by atoms with E-state index in [0.717, 1.165) is 45.3 Å².